The predicted octanol–water partition coefficient (Wildman–Crippen LogP) is 2.46. The fourth-order valence-corrected chi connectivity index (χ4v) is 3.77. The van der Waals surface area contributed by atoms with E-state index in [1.54, 1.807) is 18.2 Å². The highest BCUT2D eigenvalue weighted by molar-refractivity contribution is 6.10. The number of aryl methyl sites for hydroxylation is 1. The van der Waals surface area contributed by atoms with Crippen molar-refractivity contribution in [1.29, 1.82) is 0 Å². The molecule has 35 heavy (non-hydrogen) atoms. The molecule has 0 unspecified atom stereocenters. The molecule has 1 aliphatic rings. The molecule has 1 aliphatic heterocycles. The number of hydrogen-bond donors (Lipinski definition) is 4. The van der Waals surface area contributed by atoms with Gasteiger partial charge in [0.25, 0.3) is 17.7 Å². The summed E-state index contributed by atoms with van der Waals surface area (Å²) in [6.45, 7) is 2.56. The van der Waals surface area contributed by atoms with Crippen LogP contribution in [0, 0.1) is 6.92 Å². The lowest BCUT2D eigenvalue weighted by molar-refractivity contribution is -0.118. The van der Waals surface area contributed by atoms with Gasteiger partial charge in [0.15, 0.2) is 12.3 Å². The maximum atomic E-state index is 12.9. The van der Waals surface area contributed by atoms with E-state index in [0.717, 1.165) is 16.7 Å². The Morgan fingerprint density at radius 2 is 1.74 bits per heavy atom. The number of H-pyrrole nitrogens is 1. The molecule has 4 aromatic rings. The van der Waals surface area contributed by atoms with Gasteiger partial charge in [0.05, 0.1) is 16.8 Å². The zero-order valence-corrected chi connectivity index (χ0v) is 18.8. The lowest BCUT2D eigenvalue weighted by atomic mass is 10.1. The van der Waals surface area contributed by atoms with Gasteiger partial charge in [-0.05, 0) is 30.2 Å². The van der Waals surface area contributed by atoms with Crippen molar-refractivity contribution in [2.24, 2.45) is 0 Å². The Morgan fingerprint density at radius 1 is 1.00 bits per heavy atom. The smallest absolute Gasteiger partial charge is 0.272 e. The van der Waals surface area contributed by atoms with Gasteiger partial charge in [-0.2, -0.15) is 0 Å². The first-order valence-corrected chi connectivity index (χ1v) is 11.0. The molecule has 0 radical (unpaired) electrons. The molecule has 2 aromatic heterocycles. The molecule has 3 heterocycles. The van der Waals surface area contributed by atoms with Crippen molar-refractivity contribution in [1.82, 2.24) is 25.6 Å². The van der Waals surface area contributed by atoms with E-state index in [1.807, 2.05) is 31.2 Å². The van der Waals surface area contributed by atoms with E-state index in [-0.39, 0.29) is 30.7 Å². The summed E-state index contributed by atoms with van der Waals surface area (Å²) < 4.78 is 5.35. The Balaban J connectivity index is 1.28. The fourth-order valence-electron chi connectivity index (χ4n) is 3.77. The zero-order valence-electron chi connectivity index (χ0n) is 18.8. The zero-order chi connectivity index (χ0) is 24.4. The van der Waals surface area contributed by atoms with Gasteiger partial charge < -0.3 is 25.7 Å². The van der Waals surface area contributed by atoms with Crippen LogP contribution in [0.4, 0.5) is 5.69 Å². The number of carbonyl (C=O) groups is 3. The van der Waals surface area contributed by atoms with Crippen LogP contribution in [0.1, 0.15) is 37.5 Å². The van der Waals surface area contributed by atoms with Gasteiger partial charge in [0.1, 0.15) is 17.6 Å². The largest absolute Gasteiger partial charge is 0.482 e. The minimum atomic E-state index is -0.427. The second-order valence-electron chi connectivity index (χ2n) is 8.17. The number of hydrogen-bond acceptors (Lipinski definition) is 6. The number of carbonyl (C=O) groups excluding carboxylic acids is 3. The van der Waals surface area contributed by atoms with Gasteiger partial charge >= 0.3 is 0 Å². The third-order valence-electron chi connectivity index (χ3n) is 5.63. The number of aromatic amines is 1. The average molecular weight is 470 g/mol. The first-order chi connectivity index (χ1) is 17.0. The highest BCUT2D eigenvalue weighted by Crippen LogP contribution is 2.28. The van der Waals surface area contributed by atoms with E-state index < -0.39 is 5.91 Å². The summed E-state index contributed by atoms with van der Waals surface area (Å²) in [4.78, 5) is 48.4. The highest BCUT2D eigenvalue weighted by atomic mass is 16.5. The van der Waals surface area contributed by atoms with E-state index in [1.165, 1.54) is 12.5 Å². The summed E-state index contributed by atoms with van der Waals surface area (Å²) in [5, 5.41) is 8.43. The van der Waals surface area contributed by atoms with Gasteiger partial charge in [-0.15, -0.1) is 0 Å². The molecule has 0 aliphatic carbocycles. The lowest BCUT2D eigenvalue weighted by Crippen LogP contribution is -2.26. The van der Waals surface area contributed by atoms with E-state index >= 15 is 0 Å². The Labute approximate surface area is 200 Å². The molecule has 0 saturated carbocycles. The molecule has 5 rings (SSSR count). The van der Waals surface area contributed by atoms with Crippen LogP contribution < -0.4 is 20.7 Å². The molecule has 0 bridgehead atoms. The number of rotatable bonds is 6. The fraction of sp³-hybridized carbons (Fsp3) is 0.160. The molecule has 3 amide bonds. The summed E-state index contributed by atoms with van der Waals surface area (Å²) >= 11 is 0. The molecule has 176 valence electrons. The van der Waals surface area contributed by atoms with Crippen LogP contribution in [0.2, 0.25) is 0 Å². The molecule has 0 saturated heterocycles. The summed E-state index contributed by atoms with van der Waals surface area (Å²) in [7, 11) is 0. The molecule has 4 N–H and O–H groups in total. The maximum Gasteiger partial charge on any atom is 0.272 e. The third kappa shape index (κ3) is 4.67. The van der Waals surface area contributed by atoms with Crippen LogP contribution in [-0.2, 0) is 17.9 Å². The van der Waals surface area contributed by atoms with Crippen LogP contribution in [-0.4, -0.2) is 39.3 Å². The van der Waals surface area contributed by atoms with Crippen LogP contribution in [0.15, 0.2) is 55.0 Å². The van der Waals surface area contributed by atoms with E-state index in [4.69, 9.17) is 4.74 Å². The number of nitrogens with zero attached hydrogens (tertiary/aromatic N) is 2. The van der Waals surface area contributed by atoms with Crippen molar-refractivity contribution in [2.45, 2.75) is 20.0 Å². The average Bonchev–Trinajstić information content (AvgIpc) is 3.31. The first kappa shape index (κ1) is 22.1. The molecular formula is C25H22N6O4. The number of benzene rings is 2. The number of fused-ring (bicyclic) bond motifs is 2. The van der Waals surface area contributed by atoms with Crippen LogP contribution in [0.3, 0.4) is 0 Å². The summed E-state index contributed by atoms with van der Waals surface area (Å²) in [5.74, 6) is -0.381. The van der Waals surface area contributed by atoms with Crippen molar-refractivity contribution in [2.75, 3.05) is 11.9 Å². The molecular weight excluding hydrogens is 448 g/mol. The summed E-state index contributed by atoms with van der Waals surface area (Å²) in [6, 6.07) is 13.2. The minimum absolute atomic E-state index is 0.0189. The van der Waals surface area contributed by atoms with E-state index in [2.05, 4.69) is 30.9 Å². The van der Waals surface area contributed by atoms with Gasteiger partial charge in [-0.3, -0.25) is 14.4 Å². The third-order valence-corrected chi connectivity index (χ3v) is 5.63. The Morgan fingerprint density at radius 3 is 2.57 bits per heavy atom. The number of aromatic nitrogens is 3. The Bertz CT molecular complexity index is 1440. The number of nitrogens with one attached hydrogen (secondary N) is 4. The first-order valence-electron chi connectivity index (χ1n) is 11.0. The van der Waals surface area contributed by atoms with Crippen molar-refractivity contribution in [3.63, 3.8) is 0 Å². The lowest BCUT2D eigenvalue weighted by Gasteiger charge is -2.18. The SMILES string of the molecule is Cc1ccc(CNC(=O)c2c[nH]c3c(C(=O)NCc4ccc5c(c4)NC(=O)CO5)ncnc23)cc1. The molecule has 10 heteroatoms. The molecule has 0 fully saturated rings. The maximum absolute atomic E-state index is 12.9. The van der Waals surface area contributed by atoms with Crippen molar-refractivity contribution >= 4 is 34.4 Å². The van der Waals surface area contributed by atoms with Crippen LogP contribution in [0.5, 0.6) is 5.75 Å². The van der Waals surface area contributed by atoms with Crippen LogP contribution in [0.25, 0.3) is 11.0 Å². The molecule has 10 nitrogen and oxygen atoms in total. The van der Waals surface area contributed by atoms with Crippen molar-refractivity contribution in [3.05, 3.63) is 82.9 Å². The molecule has 0 atom stereocenters. The standard InChI is InChI=1S/C25H22N6O4/c1-14-2-4-15(5-3-14)9-27-24(33)17-11-26-22-21(17)29-13-30-23(22)25(34)28-10-16-6-7-19-18(8-16)31-20(32)12-35-19/h2-8,11,13,26H,9-10,12H2,1H3,(H,27,33)(H,28,34)(H,31,32). The molecule has 0 spiro atoms. The Hall–Kier alpha value is -4.73. The Kier molecular flexibility index (Phi) is 5.84. The van der Waals surface area contributed by atoms with Gasteiger partial charge in [-0.1, -0.05) is 35.9 Å². The number of amides is 3. The second-order valence-corrected chi connectivity index (χ2v) is 8.17. The number of anilines is 1. The number of ether oxygens (including phenoxy) is 1. The summed E-state index contributed by atoms with van der Waals surface area (Å²) in [6.07, 6.45) is 2.78. The summed E-state index contributed by atoms with van der Waals surface area (Å²) in [5.41, 5.74) is 4.64. The highest BCUT2D eigenvalue weighted by Gasteiger charge is 2.20. The molecule has 2 aromatic carbocycles. The van der Waals surface area contributed by atoms with Gasteiger partial charge in [-0.25, -0.2) is 9.97 Å². The van der Waals surface area contributed by atoms with Crippen LogP contribution >= 0.6 is 0 Å². The predicted molar refractivity (Wildman–Crippen MR) is 128 cm³/mol. The monoisotopic (exact) mass is 470 g/mol. The topological polar surface area (TPSA) is 138 Å². The van der Waals surface area contributed by atoms with Crippen molar-refractivity contribution < 1.29 is 19.1 Å². The van der Waals surface area contributed by atoms with E-state index in [9.17, 15) is 14.4 Å². The quantitative estimate of drug-likeness (QED) is 0.342. The minimum Gasteiger partial charge on any atom is -0.482 e. The van der Waals surface area contributed by atoms with E-state index in [0.29, 0.717) is 34.6 Å². The van der Waals surface area contributed by atoms with Gasteiger partial charge in [0, 0.05) is 19.3 Å². The second kappa shape index (κ2) is 9.26. The normalized spacial score (nSPS) is 12.4. The van der Waals surface area contributed by atoms with Crippen molar-refractivity contribution in [3.8, 4) is 5.75 Å². The van der Waals surface area contributed by atoms with Gasteiger partial charge in [0.2, 0.25) is 0 Å².